The molecule has 0 fully saturated rings. The van der Waals surface area contributed by atoms with Crippen LogP contribution in [0.4, 0.5) is 0 Å². The average molecular weight is 283 g/mol. The summed E-state index contributed by atoms with van der Waals surface area (Å²) in [5.41, 5.74) is 6.77. The molecule has 0 bridgehead atoms. The van der Waals surface area contributed by atoms with E-state index in [0.29, 0.717) is 6.54 Å². The Kier molecular flexibility index (Phi) is 2.51. The quantitative estimate of drug-likeness (QED) is 0.800. The molecule has 0 unspecified atom stereocenters. The topological polar surface area (TPSA) is 26.0 Å². The summed E-state index contributed by atoms with van der Waals surface area (Å²) in [5.74, 6) is 0. The predicted molar refractivity (Wildman–Crippen MR) is 64.6 cm³/mol. The highest BCUT2D eigenvalue weighted by Crippen LogP contribution is 2.18. The van der Waals surface area contributed by atoms with Crippen molar-refractivity contribution in [3.8, 4) is 0 Å². The molecule has 2 aromatic carbocycles. The number of rotatable bonds is 1. The molecule has 0 saturated carbocycles. The standard InChI is InChI=1S/C11H10IN/c12-11-4-3-9-2-1-8(7-13)5-10(9)6-11/h1-6H,7,13H2. The first-order chi connectivity index (χ1) is 6.29. The Morgan fingerprint density at radius 2 is 1.77 bits per heavy atom. The van der Waals surface area contributed by atoms with E-state index < -0.39 is 0 Å². The van der Waals surface area contributed by atoms with Crippen molar-refractivity contribution in [3.63, 3.8) is 0 Å². The molecule has 0 aliphatic carbocycles. The van der Waals surface area contributed by atoms with Crippen LogP contribution in [0.2, 0.25) is 0 Å². The third-order valence-corrected chi connectivity index (χ3v) is 2.77. The first-order valence-electron chi connectivity index (χ1n) is 4.18. The van der Waals surface area contributed by atoms with Crippen LogP contribution in [0.15, 0.2) is 36.4 Å². The number of hydrogen-bond acceptors (Lipinski definition) is 1. The van der Waals surface area contributed by atoms with E-state index in [4.69, 9.17) is 5.73 Å². The zero-order chi connectivity index (χ0) is 9.26. The SMILES string of the molecule is NCc1ccc2ccc(I)cc2c1. The molecule has 0 aliphatic rings. The lowest BCUT2D eigenvalue weighted by Crippen LogP contribution is -1.95. The summed E-state index contributed by atoms with van der Waals surface area (Å²) in [6, 6.07) is 12.8. The maximum absolute atomic E-state index is 5.58. The third-order valence-electron chi connectivity index (χ3n) is 2.10. The smallest absolute Gasteiger partial charge is 0.0178 e. The summed E-state index contributed by atoms with van der Waals surface area (Å²) < 4.78 is 1.26. The van der Waals surface area contributed by atoms with E-state index in [1.807, 2.05) is 0 Å². The minimum absolute atomic E-state index is 0.613. The first kappa shape index (κ1) is 8.97. The molecule has 0 heterocycles. The Labute approximate surface area is 91.1 Å². The minimum Gasteiger partial charge on any atom is -0.326 e. The molecule has 2 N–H and O–H groups in total. The van der Waals surface area contributed by atoms with E-state index in [0.717, 1.165) is 0 Å². The lowest BCUT2D eigenvalue weighted by molar-refractivity contribution is 1.08. The highest BCUT2D eigenvalue weighted by Gasteiger charge is 1.95. The molecule has 0 atom stereocenters. The van der Waals surface area contributed by atoms with Crippen molar-refractivity contribution in [2.75, 3.05) is 0 Å². The molecule has 13 heavy (non-hydrogen) atoms. The third kappa shape index (κ3) is 1.84. The lowest BCUT2D eigenvalue weighted by Gasteiger charge is -2.01. The van der Waals surface area contributed by atoms with Gasteiger partial charge in [-0.15, -0.1) is 0 Å². The molecule has 66 valence electrons. The van der Waals surface area contributed by atoms with Gasteiger partial charge in [0.05, 0.1) is 0 Å². The van der Waals surface area contributed by atoms with Crippen LogP contribution in [-0.2, 0) is 6.54 Å². The monoisotopic (exact) mass is 283 g/mol. The van der Waals surface area contributed by atoms with E-state index >= 15 is 0 Å². The number of fused-ring (bicyclic) bond motifs is 1. The fraction of sp³-hybridized carbons (Fsp3) is 0.0909. The molecule has 1 nitrogen and oxygen atoms in total. The highest BCUT2D eigenvalue weighted by atomic mass is 127. The number of halogens is 1. The summed E-state index contributed by atoms with van der Waals surface area (Å²) >= 11 is 2.32. The van der Waals surface area contributed by atoms with E-state index in [1.165, 1.54) is 19.9 Å². The maximum atomic E-state index is 5.58. The highest BCUT2D eigenvalue weighted by molar-refractivity contribution is 14.1. The van der Waals surface area contributed by atoms with Gasteiger partial charge < -0.3 is 5.73 Å². The van der Waals surface area contributed by atoms with Crippen LogP contribution >= 0.6 is 22.6 Å². The maximum Gasteiger partial charge on any atom is 0.0178 e. The van der Waals surface area contributed by atoms with Crippen molar-refractivity contribution >= 4 is 33.4 Å². The molecular weight excluding hydrogens is 273 g/mol. The van der Waals surface area contributed by atoms with E-state index in [2.05, 4.69) is 59.0 Å². The van der Waals surface area contributed by atoms with Gasteiger partial charge in [0.2, 0.25) is 0 Å². The second kappa shape index (κ2) is 3.64. The Morgan fingerprint density at radius 1 is 1.00 bits per heavy atom. The Balaban J connectivity index is 2.68. The second-order valence-corrected chi connectivity index (χ2v) is 4.28. The summed E-state index contributed by atoms with van der Waals surface area (Å²) in [6.45, 7) is 0.613. The van der Waals surface area contributed by atoms with Gasteiger partial charge in [-0.05, 0) is 57.1 Å². The van der Waals surface area contributed by atoms with E-state index in [9.17, 15) is 0 Å². The van der Waals surface area contributed by atoms with Crippen molar-refractivity contribution in [1.29, 1.82) is 0 Å². The Bertz CT molecular complexity index is 437. The molecule has 2 aromatic rings. The van der Waals surface area contributed by atoms with Gasteiger partial charge in [0.1, 0.15) is 0 Å². The van der Waals surface area contributed by atoms with Crippen LogP contribution in [0.25, 0.3) is 10.8 Å². The van der Waals surface area contributed by atoms with Gasteiger partial charge >= 0.3 is 0 Å². The lowest BCUT2D eigenvalue weighted by atomic mass is 10.1. The summed E-state index contributed by atoms with van der Waals surface area (Å²) in [5, 5.41) is 2.55. The van der Waals surface area contributed by atoms with Crippen molar-refractivity contribution in [2.24, 2.45) is 5.73 Å². The normalized spacial score (nSPS) is 10.6. The van der Waals surface area contributed by atoms with Crippen molar-refractivity contribution in [1.82, 2.24) is 0 Å². The number of benzene rings is 2. The van der Waals surface area contributed by atoms with Gasteiger partial charge in [-0.3, -0.25) is 0 Å². The molecule has 0 radical (unpaired) electrons. The number of nitrogens with two attached hydrogens (primary N) is 1. The van der Waals surface area contributed by atoms with Gasteiger partial charge in [0.15, 0.2) is 0 Å². The Morgan fingerprint density at radius 3 is 2.54 bits per heavy atom. The molecule has 2 heteroatoms. The largest absolute Gasteiger partial charge is 0.326 e. The predicted octanol–water partition coefficient (Wildman–Crippen LogP) is 2.90. The van der Waals surface area contributed by atoms with Crippen molar-refractivity contribution < 1.29 is 0 Å². The molecule has 2 rings (SSSR count). The molecule has 0 aromatic heterocycles. The molecule has 0 amide bonds. The summed E-state index contributed by atoms with van der Waals surface area (Å²) in [6.07, 6.45) is 0. The van der Waals surface area contributed by atoms with Gasteiger partial charge in [0.25, 0.3) is 0 Å². The summed E-state index contributed by atoms with van der Waals surface area (Å²) in [7, 11) is 0. The first-order valence-corrected chi connectivity index (χ1v) is 5.26. The van der Waals surface area contributed by atoms with E-state index in [-0.39, 0.29) is 0 Å². The van der Waals surface area contributed by atoms with Crippen molar-refractivity contribution in [2.45, 2.75) is 6.54 Å². The molecular formula is C11H10IN. The van der Waals surface area contributed by atoms with Crippen LogP contribution in [0.1, 0.15) is 5.56 Å². The van der Waals surface area contributed by atoms with Crippen molar-refractivity contribution in [3.05, 3.63) is 45.5 Å². The average Bonchev–Trinajstić information content (AvgIpc) is 2.16. The van der Waals surface area contributed by atoms with Gasteiger partial charge in [-0.25, -0.2) is 0 Å². The molecule has 0 saturated heterocycles. The fourth-order valence-electron chi connectivity index (χ4n) is 1.39. The van der Waals surface area contributed by atoms with Gasteiger partial charge in [0, 0.05) is 10.1 Å². The van der Waals surface area contributed by atoms with Gasteiger partial charge in [-0.1, -0.05) is 18.2 Å². The van der Waals surface area contributed by atoms with Crippen LogP contribution in [0.3, 0.4) is 0 Å². The zero-order valence-corrected chi connectivity index (χ0v) is 9.28. The number of hydrogen-bond donors (Lipinski definition) is 1. The van der Waals surface area contributed by atoms with Crippen LogP contribution in [0, 0.1) is 3.57 Å². The van der Waals surface area contributed by atoms with Crippen LogP contribution in [0.5, 0.6) is 0 Å². The van der Waals surface area contributed by atoms with Gasteiger partial charge in [-0.2, -0.15) is 0 Å². The van der Waals surface area contributed by atoms with E-state index in [1.54, 1.807) is 0 Å². The van der Waals surface area contributed by atoms with Crippen LogP contribution in [-0.4, -0.2) is 0 Å². The second-order valence-electron chi connectivity index (χ2n) is 3.03. The molecule has 0 spiro atoms. The Hall–Kier alpha value is -0.610. The summed E-state index contributed by atoms with van der Waals surface area (Å²) in [4.78, 5) is 0. The van der Waals surface area contributed by atoms with Crippen LogP contribution < -0.4 is 5.73 Å². The zero-order valence-electron chi connectivity index (χ0n) is 7.13. The molecule has 0 aliphatic heterocycles. The minimum atomic E-state index is 0.613. The fourth-order valence-corrected chi connectivity index (χ4v) is 1.91.